The molecule has 1 unspecified atom stereocenters. The maximum Gasteiger partial charge on any atom is 0.325 e. The first kappa shape index (κ1) is 10.3. The van der Waals surface area contributed by atoms with Crippen molar-refractivity contribution in [3.8, 4) is 0 Å². The first-order valence-electron chi connectivity index (χ1n) is 4.11. The van der Waals surface area contributed by atoms with E-state index in [2.05, 4.69) is 5.32 Å². The van der Waals surface area contributed by atoms with Gasteiger partial charge in [-0.2, -0.15) is 0 Å². The summed E-state index contributed by atoms with van der Waals surface area (Å²) in [6.45, 7) is 3.09. The van der Waals surface area contributed by atoms with Gasteiger partial charge in [0.05, 0.1) is 0 Å². The van der Waals surface area contributed by atoms with Crippen molar-refractivity contribution >= 4 is 11.9 Å². The van der Waals surface area contributed by atoms with Gasteiger partial charge in [-0.15, -0.1) is 0 Å². The number of furan rings is 1. The summed E-state index contributed by atoms with van der Waals surface area (Å²) in [6.07, 6.45) is 0. The monoisotopic (exact) mass is 197 g/mol. The van der Waals surface area contributed by atoms with Crippen LogP contribution in [0.5, 0.6) is 0 Å². The summed E-state index contributed by atoms with van der Waals surface area (Å²) in [6, 6.07) is 2.22. The van der Waals surface area contributed by atoms with E-state index >= 15 is 0 Å². The Kier molecular flexibility index (Phi) is 2.91. The molecule has 0 saturated carbocycles. The Labute approximate surface area is 80.7 Å². The number of hydrogen-bond donors (Lipinski definition) is 2. The summed E-state index contributed by atoms with van der Waals surface area (Å²) < 4.78 is 5.02. The molecule has 14 heavy (non-hydrogen) atoms. The number of nitrogens with one attached hydrogen (secondary N) is 1. The highest BCUT2D eigenvalue weighted by molar-refractivity contribution is 5.94. The maximum absolute atomic E-state index is 11.3. The van der Waals surface area contributed by atoms with Crippen molar-refractivity contribution in [2.45, 2.75) is 19.9 Å². The number of carboxylic acid groups (broad SMARTS) is 1. The second kappa shape index (κ2) is 3.95. The van der Waals surface area contributed by atoms with Gasteiger partial charge >= 0.3 is 5.97 Å². The molecule has 0 fully saturated rings. The van der Waals surface area contributed by atoms with Gasteiger partial charge in [-0.05, 0) is 26.0 Å². The second-order valence-corrected chi connectivity index (χ2v) is 2.94. The Morgan fingerprint density at radius 2 is 2.14 bits per heavy atom. The van der Waals surface area contributed by atoms with Crippen molar-refractivity contribution in [3.63, 3.8) is 0 Å². The zero-order valence-corrected chi connectivity index (χ0v) is 7.90. The van der Waals surface area contributed by atoms with E-state index in [0.717, 1.165) is 0 Å². The van der Waals surface area contributed by atoms with Gasteiger partial charge < -0.3 is 14.8 Å². The van der Waals surface area contributed by atoms with Crippen LogP contribution in [-0.4, -0.2) is 23.0 Å². The van der Waals surface area contributed by atoms with Gasteiger partial charge in [0.15, 0.2) is 5.76 Å². The van der Waals surface area contributed by atoms with Gasteiger partial charge in [0.1, 0.15) is 11.8 Å². The first-order chi connectivity index (χ1) is 6.50. The molecule has 76 valence electrons. The Morgan fingerprint density at radius 3 is 2.57 bits per heavy atom. The molecule has 2 N–H and O–H groups in total. The summed E-state index contributed by atoms with van der Waals surface area (Å²) in [4.78, 5) is 21.7. The molecule has 0 aliphatic carbocycles. The predicted octanol–water partition coefficient (Wildman–Crippen LogP) is 0.791. The van der Waals surface area contributed by atoms with E-state index in [0.29, 0.717) is 5.76 Å². The zero-order valence-electron chi connectivity index (χ0n) is 7.90. The number of hydrogen-bond acceptors (Lipinski definition) is 3. The lowest BCUT2D eigenvalue weighted by atomic mass is 10.3. The molecule has 0 aliphatic rings. The van der Waals surface area contributed by atoms with Crippen LogP contribution in [0.1, 0.15) is 23.2 Å². The second-order valence-electron chi connectivity index (χ2n) is 2.94. The standard InChI is InChI=1S/C9H11NO4/c1-5-3-4-7(14-5)8(11)10-6(2)9(12)13/h3-4,6H,1-2H3,(H,10,11)(H,12,13). The average molecular weight is 197 g/mol. The van der Waals surface area contributed by atoms with Gasteiger partial charge in [-0.3, -0.25) is 9.59 Å². The van der Waals surface area contributed by atoms with Crippen molar-refractivity contribution in [2.24, 2.45) is 0 Å². The number of aryl methyl sites for hydroxylation is 1. The molecule has 0 saturated heterocycles. The molecule has 0 radical (unpaired) electrons. The normalized spacial score (nSPS) is 12.1. The van der Waals surface area contributed by atoms with Gasteiger partial charge in [-0.25, -0.2) is 0 Å². The molecule has 1 aromatic heterocycles. The predicted molar refractivity (Wildman–Crippen MR) is 48.0 cm³/mol. The molecular weight excluding hydrogens is 186 g/mol. The van der Waals surface area contributed by atoms with E-state index in [1.165, 1.54) is 13.0 Å². The molecule has 5 heteroatoms. The number of aliphatic carboxylic acids is 1. The molecular formula is C9H11NO4. The van der Waals surface area contributed by atoms with Crippen molar-refractivity contribution in [3.05, 3.63) is 23.7 Å². The summed E-state index contributed by atoms with van der Waals surface area (Å²) in [5.41, 5.74) is 0. The fourth-order valence-electron chi connectivity index (χ4n) is 0.886. The first-order valence-corrected chi connectivity index (χ1v) is 4.11. The SMILES string of the molecule is Cc1ccc(C(=O)NC(C)C(=O)O)o1. The van der Waals surface area contributed by atoms with E-state index in [1.54, 1.807) is 13.0 Å². The highest BCUT2D eigenvalue weighted by Gasteiger charge is 2.17. The van der Waals surface area contributed by atoms with E-state index in [1.807, 2.05) is 0 Å². The molecule has 1 atom stereocenters. The topological polar surface area (TPSA) is 79.5 Å². The molecule has 0 spiro atoms. The van der Waals surface area contributed by atoms with Crippen LogP contribution < -0.4 is 5.32 Å². The number of rotatable bonds is 3. The number of carboxylic acids is 1. The molecule has 1 amide bonds. The molecule has 1 heterocycles. The van der Waals surface area contributed by atoms with Crippen molar-refractivity contribution in [2.75, 3.05) is 0 Å². The number of amides is 1. The third kappa shape index (κ3) is 2.35. The van der Waals surface area contributed by atoms with Crippen LogP contribution in [0, 0.1) is 6.92 Å². The Hall–Kier alpha value is -1.78. The molecule has 1 aromatic rings. The highest BCUT2D eigenvalue weighted by atomic mass is 16.4. The smallest absolute Gasteiger partial charge is 0.325 e. The zero-order chi connectivity index (χ0) is 10.7. The van der Waals surface area contributed by atoms with Crippen molar-refractivity contribution < 1.29 is 19.1 Å². The lowest BCUT2D eigenvalue weighted by molar-refractivity contribution is -0.138. The number of carbonyl (C=O) groups excluding carboxylic acids is 1. The van der Waals surface area contributed by atoms with E-state index < -0.39 is 17.9 Å². The van der Waals surface area contributed by atoms with Gasteiger partial charge in [-0.1, -0.05) is 0 Å². The van der Waals surface area contributed by atoms with Gasteiger partial charge in [0.25, 0.3) is 5.91 Å². The number of carbonyl (C=O) groups is 2. The molecule has 0 aliphatic heterocycles. The highest BCUT2D eigenvalue weighted by Crippen LogP contribution is 2.05. The van der Waals surface area contributed by atoms with Gasteiger partial charge in [0, 0.05) is 0 Å². The quantitative estimate of drug-likeness (QED) is 0.750. The minimum Gasteiger partial charge on any atom is -0.480 e. The third-order valence-corrected chi connectivity index (χ3v) is 1.68. The summed E-state index contributed by atoms with van der Waals surface area (Å²) in [7, 11) is 0. The van der Waals surface area contributed by atoms with Crippen LogP contribution in [0.2, 0.25) is 0 Å². The van der Waals surface area contributed by atoms with E-state index in [4.69, 9.17) is 9.52 Å². The lowest BCUT2D eigenvalue weighted by Crippen LogP contribution is -2.38. The van der Waals surface area contributed by atoms with Crippen LogP contribution in [0.15, 0.2) is 16.5 Å². The molecule has 0 aromatic carbocycles. The molecule has 5 nitrogen and oxygen atoms in total. The van der Waals surface area contributed by atoms with Crippen LogP contribution in [0.25, 0.3) is 0 Å². The average Bonchev–Trinajstić information content (AvgIpc) is 2.51. The Bertz CT molecular complexity index is 355. The van der Waals surface area contributed by atoms with Crippen LogP contribution in [0.4, 0.5) is 0 Å². The summed E-state index contributed by atoms with van der Waals surface area (Å²) in [5.74, 6) is -0.872. The van der Waals surface area contributed by atoms with E-state index in [9.17, 15) is 9.59 Å². The van der Waals surface area contributed by atoms with Gasteiger partial charge in [0.2, 0.25) is 0 Å². The largest absolute Gasteiger partial charge is 0.480 e. The Morgan fingerprint density at radius 1 is 1.50 bits per heavy atom. The van der Waals surface area contributed by atoms with E-state index in [-0.39, 0.29) is 5.76 Å². The molecule has 1 rings (SSSR count). The fourth-order valence-corrected chi connectivity index (χ4v) is 0.886. The van der Waals surface area contributed by atoms with Crippen LogP contribution in [0.3, 0.4) is 0 Å². The molecule has 0 bridgehead atoms. The third-order valence-electron chi connectivity index (χ3n) is 1.68. The summed E-state index contributed by atoms with van der Waals surface area (Å²) in [5, 5.41) is 10.8. The van der Waals surface area contributed by atoms with Crippen molar-refractivity contribution in [1.82, 2.24) is 5.32 Å². The lowest BCUT2D eigenvalue weighted by Gasteiger charge is -2.06. The maximum atomic E-state index is 11.3. The fraction of sp³-hybridized carbons (Fsp3) is 0.333. The van der Waals surface area contributed by atoms with Crippen LogP contribution >= 0.6 is 0 Å². The van der Waals surface area contributed by atoms with Crippen molar-refractivity contribution in [1.29, 1.82) is 0 Å². The summed E-state index contributed by atoms with van der Waals surface area (Å²) >= 11 is 0. The minimum absolute atomic E-state index is 0.121. The van der Waals surface area contributed by atoms with Crippen LogP contribution in [-0.2, 0) is 4.79 Å². The Balaban J connectivity index is 2.63. The minimum atomic E-state index is -1.08.